The number of methoxy groups -OCH3 is 1. The normalized spacial score (nSPS) is 13.8. The summed E-state index contributed by atoms with van der Waals surface area (Å²) in [4.78, 5) is 16.7. The van der Waals surface area contributed by atoms with Crippen molar-refractivity contribution in [2.45, 2.75) is 11.8 Å². The molecule has 0 spiro atoms. The molecule has 196 valence electrons. The molecule has 1 aliphatic rings. The number of nitrogens with zero attached hydrogens (tertiary/aromatic N) is 2. The molecule has 1 saturated heterocycles. The summed E-state index contributed by atoms with van der Waals surface area (Å²) < 4.78 is 38.6. The fourth-order valence-electron chi connectivity index (χ4n) is 4.02. The van der Waals surface area contributed by atoms with Crippen molar-refractivity contribution in [3.05, 3.63) is 76.3 Å². The maximum Gasteiger partial charge on any atom is 0.261 e. The number of aryl methyl sites for hydroxylation is 1. The van der Waals surface area contributed by atoms with Gasteiger partial charge in [-0.25, -0.2) is 8.42 Å². The molecule has 11 heteroatoms. The Balaban J connectivity index is 1.29. The fourth-order valence-corrected chi connectivity index (χ4v) is 5.49. The van der Waals surface area contributed by atoms with Crippen molar-refractivity contribution >= 4 is 50.5 Å². The number of amides is 1. The lowest BCUT2D eigenvalue weighted by atomic mass is 10.1. The zero-order valence-corrected chi connectivity index (χ0v) is 22.7. The maximum atomic E-state index is 12.7. The zero-order chi connectivity index (χ0) is 26.6. The predicted octanol–water partition coefficient (Wildman–Crippen LogP) is 4.84. The highest BCUT2D eigenvalue weighted by Crippen LogP contribution is 2.29. The Bertz CT molecular complexity index is 1380. The van der Waals surface area contributed by atoms with E-state index in [1.165, 1.54) is 37.4 Å². The second-order valence-electron chi connectivity index (χ2n) is 8.51. The number of hydrogen-bond donors (Lipinski definition) is 1. The van der Waals surface area contributed by atoms with Gasteiger partial charge in [0.2, 0.25) is 0 Å². The highest BCUT2D eigenvalue weighted by atomic mass is 35.5. The van der Waals surface area contributed by atoms with Crippen LogP contribution in [0, 0.1) is 6.92 Å². The second-order valence-corrected chi connectivity index (χ2v) is 11.0. The summed E-state index contributed by atoms with van der Waals surface area (Å²) in [7, 11) is -2.36. The van der Waals surface area contributed by atoms with Crippen molar-refractivity contribution in [3.8, 4) is 11.5 Å². The van der Waals surface area contributed by atoms with E-state index in [9.17, 15) is 13.2 Å². The van der Waals surface area contributed by atoms with E-state index in [-0.39, 0.29) is 22.4 Å². The van der Waals surface area contributed by atoms with Crippen LogP contribution in [0.2, 0.25) is 10.0 Å². The van der Waals surface area contributed by atoms with Gasteiger partial charge < -0.3 is 19.3 Å². The van der Waals surface area contributed by atoms with Gasteiger partial charge in [-0.15, -0.1) is 0 Å². The molecule has 4 rings (SSSR count). The number of ether oxygens (including phenoxy) is 2. The molecule has 0 saturated carbocycles. The first kappa shape index (κ1) is 26.9. The number of halogens is 2. The zero-order valence-electron chi connectivity index (χ0n) is 20.4. The Kier molecular flexibility index (Phi) is 8.36. The van der Waals surface area contributed by atoms with Crippen molar-refractivity contribution in [1.82, 2.24) is 4.90 Å². The van der Waals surface area contributed by atoms with Gasteiger partial charge in [0.1, 0.15) is 11.5 Å². The molecule has 0 aromatic heterocycles. The molecule has 0 bridgehead atoms. The standard InChI is InChI=1S/C26H27Cl2N3O5S/c1-18-3-4-19(27)15-24(18)30-11-13-31(14-12-30)26(32)17-36-21-6-8-22(9-7-21)37(33,34)29-20-5-10-25(35-2)23(28)16-20/h3-10,15-16,29H,11-14,17H2,1-2H3. The molecule has 37 heavy (non-hydrogen) atoms. The van der Waals surface area contributed by atoms with Crippen molar-refractivity contribution in [2.75, 3.05) is 49.5 Å². The van der Waals surface area contributed by atoms with Crippen LogP contribution in [0.3, 0.4) is 0 Å². The van der Waals surface area contributed by atoms with E-state index in [0.29, 0.717) is 48.4 Å². The maximum absolute atomic E-state index is 12.7. The largest absolute Gasteiger partial charge is 0.495 e. The van der Waals surface area contributed by atoms with Crippen LogP contribution in [0.4, 0.5) is 11.4 Å². The number of piperazine rings is 1. The molecular weight excluding hydrogens is 537 g/mol. The molecule has 0 radical (unpaired) electrons. The van der Waals surface area contributed by atoms with Crippen molar-refractivity contribution in [1.29, 1.82) is 0 Å². The van der Waals surface area contributed by atoms with Crippen LogP contribution in [-0.4, -0.2) is 59.1 Å². The van der Waals surface area contributed by atoms with Crippen molar-refractivity contribution in [2.24, 2.45) is 0 Å². The average Bonchev–Trinajstić information content (AvgIpc) is 2.89. The van der Waals surface area contributed by atoms with Crippen LogP contribution in [-0.2, 0) is 14.8 Å². The predicted molar refractivity (Wildman–Crippen MR) is 146 cm³/mol. The Hall–Kier alpha value is -3.14. The van der Waals surface area contributed by atoms with Gasteiger partial charge in [-0.3, -0.25) is 9.52 Å². The molecule has 0 unspecified atom stereocenters. The van der Waals surface area contributed by atoms with E-state index in [1.54, 1.807) is 17.0 Å². The van der Waals surface area contributed by atoms with Crippen molar-refractivity contribution < 1.29 is 22.7 Å². The first-order chi connectivity index (χ1) is 17.7. The summed E-state index contributed by atoms with van der Waals surface area (Å²) in [5.74, 6) is 0.712. The summed E-state index contributed by atoms with van der Waals surface area (Å²) >= 11 is 12.2. The molecule has 1 heterocycles. The third-order valence-corrected chi connectivity index (χ3v) is 7.97. The number of nitrogens with one attached hydrogen (secondary N) is 1. The topological polar surface area (TPSA) is 88.2 Å². The van der Waals surface area contributed by atoms with Gasteiger partial charge in [0, 0.05) is 36.9 Å². The minimum atomic E-state index is -3.84. The quantitative estimate of drug-likeness (QED) is 0.422. The van der Waals surface area contributed by atoms with Gasteiger partial charge >= 0.3 is 0 Å². The minimum Gasteiger partial charge on any atom is -0.495 e. The Morgan fingerprint density at radius 2 is 1.68 bits per heavy atom. The van der Waals surface area contributed by atoms with Gasteiger partial charge in [0.25, 0.3) is 15.9 Å². The van der Waals surface area contributed by atoms with Crippen LogP contribution in [0.15, 0.2) is 65.6 Å². The highest BCUT2D eigenvalue weighted by molar-refractivity contribution is 7.92. The van der Waals surface area contributed by atoms with Gasteiger partial charge in [0.15, 0.2) is 6.61 Å². The first-order valence-corrected chi connectivity index (χ1v) is 13.8. The number of carbonyl (C=O) groups excluding carboxylic acids is 1. The van der Waals surface area contributed by atoms with Crippen LogP contribution >= 0.6 is 23.2 Å². The third-order valence-electron chi connectivity index (χ3n) is 6.04. The number of rotatable bonds is 8. The number of sulfonamides is 1. The molecule has 1 aliphatic heterocycles. The molecule has 3 aromatic carbocycles. The van der Waals surface area contributed by atoms with E-state index in [2.05, 4.69) is 9.62 Å². The van der Waals surface area contributed by atoms with Crippen LogP contribution < -0.4 is 19.1 Å². The first-order valence-electron chi connectivity index (χ1n) is 11.5. The number of benzene rings is 3. The van der Waals surface area contributed by atoms with Crippen LogP contribution in [0.25, 0.3) is 0 Å². The van der Waals surface area contributed by atoms with E-state index < -0.39 is 10.0 Å². The number of hydrogen-bond acceptors (Lipinski definition) is 6. The van der Waals surface area contributed by atoms with Crippen molar-refractivity contribution in [3.63, 3.8) is 0 Å². The molecule has 0 atom stereocenters. The van der Waals surface area contributed by atoms with E-state index in [4.69, 9.17) is 32.7 Å². The molecule has 0 aliphatic carbocycles. The minimum absolute atomic E-state index is 0.0468. The lowest BCUT2D eigenvalue weighted by Crippen LogP contribution is -2.50. The lowest BCUT2D eigenvalue weighted by Gasteiger charge is -2.36. The van der Waals surface area contributed by atoms with E-state index in [1.807, 2.05) is 25.1 Å². The molecule has 1 amide bonds. The van der Waals surface area contributed by atoms with Gasteiger partial charge in [-0.05, 0) is 67.1 Å². The average molecular weight is 564 g/mol. The van der Waals surface area contributed by atoms with Gasteiger partial charge in [0.05, 0.1) is 22.7 Å². The molecule has 3 aromatic rings. The summed E-state index contributed by atoms with van der Waals surface area (Å²) in [5, 5.41) is 0.976. The monoisotopic (exact) mass is 563 g/mol. The van der Waals surface area contributed by atoms with Gasteiger partial charge in [-0.2, -0.15) is 0 Å². The summed E-state index contributed by atoms with van der Waals surface area (Å²) in [6, 6.07) is 16.3. The Labute approximate surface area is 226 Å². The smallest absolute Gasteiger partial charge is 0.261 e. The molecular formula is C26H27Cl2N3O5S. The molecule has 1 N–H and O–H groups in total. The SMILES string of the molecule is COc1ccc(NS(=O)(=O)c2ccc(OCC(=O)N3CCN(c4cc(Cl)ccc4C)CC3)cc2)cc1Cl. The highest BCUT2D eigenvalue weighted by Gasteiger charge is 2.23. The van der Waals surface area contributed by atoms with E-state index >= 15 is 0 Å². The second kappa shape index (κ2) is 11.5. The third kappa shape index (κ3) is 6.60. The lowest BCUT2D eigenvalue weighted by molar-refractivity contribution is -0.133. The summed E-state index contributed by atoms with van der Waals surface area (Å²) in [5.41, 5.74) is 2.53. The Morgan fingerprint density at radius 1 is 0.973 bits per heavy atom. The van der Waals surface area contributed by atoms with Gasteiger partial charge in [-0.1, -0.05) is 29.3 Å². The van der Waals surface area contributed by atoms with Crippen LogP contribution in [0.5, 0.6) is 11.5 Å². The fraction of sp³-hybridized carbons (Fsp3) is 0.269. The summed E-state index contributed by atoms with van der Waals surface area (Å²) in [6.45, 7) is 4.46. The van der Waals surface area contributed by atoms with E-state index in [0.717, 1.165) is 11.3 Å². The summed E-state index contributed by atoms with van der Waals surface area (Å²) in [6.07, 6.45) is 0. The van der Waals surface area contributed by atoms with Crippen LogP contribution in [0.1, 0.15) is 5.56 Å². The molecule has 8 nitrogen and oxygen atoms in total. The molecule has 1 fully saturated rings. The Morgan fingerprint density at radius 3 is 2.32 bits per heavy atom. The number of anilines is 2. The number of carbonyl (C=O) groups is 1.